The first kappa shape index (κ1) is 18.9. The van der Waals surface area contributed by atoms with Gasteiger partial charge in [-0.05, 0) is 83.6 Å². The minimum atomic E-state index is -0.522. The minimum absolute atomic E-state index is 0.0543. The number of piperidine rings is 1. The summed E-state index contributed by atoms with van der Waals surface area (Å²) < 4.78 is 19.1. The van der Waals surface area contributed by atoms with Crippen LogP contribution >= 0.6 is 0 Å². The SMILES string of the molecule is Cc1cc(F)cc(C)c1C(=O)C1CC2CCC(C1)N2C(=O)OC(C)(C)C. The highest BCUT2D eigenvalue weighted by molar-refractivity contribution is 6.00. The zero-order valence-corrected chi connectivity index (χ0v) is 16.3. The van der Waals surface area contributed by atoms with Crippen molar-refractivity contribution in [1.82, 2.24) is 4.90 Å². The molecule has 2 heterocycles. The van der Waals surface area contributed by atoms with E-state index >= 15 is 0 Å². The van der Waals surface area contributed by atoms with Crippen molar-refractivity contribution in [3.63, 3.8) is 0 Å². The molecule has 2 aliphatic heterocycles. The fourth-order valence-corrected chi connectivity index (χ4v) is 4.51. The maximum absolute atomic E-state index is 13.6. The largest absolute Gasteiger partial charge is 0.444 e. The Kier molecular flexibility index (Phi) is 4.84. The van der Waals surface area contributed by atoms with Crippen molar-refractivity contribution in [3.05, 3.63) is 34.6 Å². The van der Waals surface area contributed by atoms with Gasteiger partial charge < -0.3 is 9.64 Å². The summed E-state index contributed by atoms with van der Waals surface area (Å²) in [5, 5.41) is 0. The lowest BCUT2D eigenvalue weighted by molar-refractivity contribution is 0.00252. The molecule has 2 unspecified atom stereocenters. The molecule has 2 saturated heterocycles. The second kappa shape index (κ2) is 6.67. The van der Waals surface area contributed by atoms with E-state index in [1.165, 1.54) is 12.1 Å². The van der Waals surface area contributed by atoms with Crippen LogP contribution in [0.5, 0.6) is 0 Å². The Bertz CT molecular complexity index is 700. The maximum Gasteiger partial charge on any atom is 0.410 e. The molecule has 1 aromatic carbocycles. The Labute approximate surface area is 154 Å². The first-order chi connectivity index (χ1) is 12.1. The number of carbonyl (C=O) groups excluding carboxylic acids is 2. The number of carbonyl (C=O) groups is 2. The van der Waals surface area contributed by atoms with Crippen LogP contribution in [0.1, 0.15) is 67.9 Å². The predicted octanol–water partition coefficient (Wildman–Crippen LogP) is 4.80. The Morgan fingerprint density at radius 2 is 1.58 bits per heavy atom. The van der Waals surface area contributed by atoms with E-state index in [0.717, 1.165) is 12.8 Å². The first-order valence-corrected chi connectivity index (χ1v) is 9.39. The van der Waals surface area contributed by atoms with Gasteiger partial charge in [0.2, 0.25) is 0 Å². The van der Waals surface area contributed by atoms with Gasteiger partial charge in [0, 0.05) is 23.6 Å². The molecule has 2 atom stereocenters. The lowest BCUT2D eigenvalue weighted by Crippen LogP contribution is -2.49. The van der Waals surface area contributed by atoms with Crippen LogP contribution < -0.4 is 0 Å². The number of ether oxygens (including phenoxy) is 1. The zero-order chi connectivity index (χ0) is 19.2. The third-order valence-corrected chi connectivity index (χ3v) is 5.45. The molecule has 0 aliphatic carbocycles. The Morgan fingerprint density at radius 3 is 2.04 bits per heavy atom. The lowest BCUT2D eigenvalue weighted by atomic mass is 9.82. The molecule has 2 fully saturated rings. The summed E-state index contributed by atoms with van der Waals surface area (Å²) in [7, 11) is 0. The van der Waals surface area contributed by atoms with Crippen LogP contribution in [0.3, 0.4) is 0 Å². The summed E-state index contributed by atoms with van der Waals surface area (Å²) in [4.78, 5) is 27.5. The normalized spacial score (nSPS) is 25.3. The van der Waals surface area contributed by atoms with Gasteiger partial charge in [-0.1, -0.05) is 0 Å². The Morgan fingerprint density at radius 1 is 1.08 bits per heavy atom. The van der Waals surface area contributed by atoms with E-state index in [4.69, 9.17) is 4.74 Å². The quantitative estimate of drug-likeness (QED) is 0.711. The van der Waals surface area contributed by atoms with Crippen molar-refractivity contribution in [1.29, 1.82) is 0 Å². The number of hydrogen-bond acceptors (Lipinski definition) is 3. The Balaban J connectivity index is 1.77. The zero-order valence-electron chi connectivity index (χ0n) is 16.3. The lowest BCUT2D eigenvalue weighted by Gasteiger charge is -2.39. The number of halogens is 1. The molecule has 142 valence electrons. The summed E-state index contributed by atoms with van der Waals surface area (Å²) in [6.07, 6.45) is 2.87. The van der Waals surface area contributed by atoms with E-state index in [-0.39, 0.29) is 35.7 Å². The van der Waals surface area contributed by atoms with Gasteiger partial charge in [-0.25, -0.2) is 9.18 Å². The van der Waals surface area contributed by atoms with Gasteiger partial charge in [0.25, 0.3) is 0 Å². The van der Waals surface area contributed by atoms with Gasteiger partial charge in [0.1, 0.15) is 11.4 Å². The van der Waals surface area contributed by atoms with Crippen LogP contribution in [-0.4, -0.2) is 34.5 Å². The van der Waals surface area contributed by atoms with Crippen LogP contribution in [0, 0.1) is 25.6 Å². The average molecular weight is 361 g/mol. The number of rotatable bonds is 2. The molecule has 3 rings (SSSR count). The van der Waals surface area contributed by atoms with Gasteiger partial charge in [0.05, 0.1) is 0 Å². The minimum Gasteiger partial charge on any atom is -0.444 e. The van der Waals surface area contributed by atoms with Crippen LogP contribution in [-0.2, 0) is 4.74 Å². The molecular weight excluding hydrogens is 333 g/mol. The van der Waals surface area contributed by atoms with Gasteiger partial charge in [-0.2, -0.15) is 0 Å². The monoisotopic (exact) mass is 361 g/mol. The molecule has 0 aromatic heterocycles. The van der Waals surface area contributed by atoms with Gasteiger partial charge in [0.15, 0.2) is 5.78 Å². The average Bonchev–Trinajstić information content (AvgIpc) is 2.75. The highest BCUT2D eigenvalue weighted by Gasteiger charge is 2.46. The van der Waals surface area contributed by atoms with Gasteiger partial charge >= 0.3 is 6.09 Å². The molecule has 0 N–H and O–H groups in total. The topological polar surface area (TPSA) is 46.6 Å². The number of hydrogen-bond donors (Lipinski definition) is 0. The van der Waals surface area contributed by atoms with Gasteiger partial charge in [-0.3, -0.25) is 4.79 Å². The number of fused-ring (bicyclic) bond motifs is 2. The number of benzene rings is 1. The van der Waals surface area contributed by atoms with Crippen LogP contribution in [0.15, 0.2) is 12.1 Å². The number of nitrogens with zero attached hydrogens (tertiary/aromatic N) is 1. The van der Waals surface area contributed by atoms with E-state index in [2.05, 4.69) is 0 Å². The van der Waals surface area contributed by atoms with Crippen molar-refractivity contribution in [3.8, 4) is 0 Å². The van der Waals surface area contributed by atoms with Crippen LogP contribution in [0.4, 0.5) is 9.18 Å². The smallest absolute Gasteiger partial charge is 0.410 e. The molecule has 26 heavy (non-hydrogen) atoms. The van der Waals surface area contributed by atoms with Crippen molar-refractivity contribution in [2.45, 2.75) is 78.0 Å². The van der Waals surface area contributed by atoms with Gasteiger partial charge in [-0.15, -0.1) is 0 Å². The molecule has 0 spiro atoms. The highest BCUT2D eigenvalue weighted by atomic mass is 19.1. The summed E-state index contributed by atoms with van der Waals surface area (Å²) in [5.74, 6) is -0.342. The highest BCUT2D eigenvalue weighted by Crippen LogP contribution is 2.41. The van der Waals surface area contributed by atoms with E-state index in [9.17, 15) is 14.0 Å². The molecule has 1 aromatic rings. The van der Waals surface area contributed by atoms with Crippen LogP contribution in [0.2, 0.25) is 0 Å². The van der Waals surface area contributed by atoms with Crippen molar-refractivity contribution in [2.24, 2.45) is 5.92 Å². The molecule has 5 heteroatoms. The number of aryl methyl sites for hydroxylation is 2. The summed E-state index contributed by atoms with van der Waals surface area (Å²) in [6.45, 7) is 9.16. The third kappa shape index (κ3) is 3.62. The second-order valence-corrected chi connectivity index (χ2v) is 8.72. The fraction of sp³-hybridized carbons (Fsp3) is 0.619. The first-order valence-electron chi connectivity index (χ1n) is 9.39. The standard InChI is InChI=1S/C21H28FNO3/c1-12-8-15(22)9-13(2)18(12)19(24)14-10-16-6-7-17(11-14)23(16)20(25)26-21(3,4)5/h8-9,14,16-17H,6-7,10-11H2,1-5H3. The van der Waals surface area contributed by atoms with E-state index in [0.29, 0.717) is 29.5 Å². The molecule has 1 amide bonds. The summed E-state index contributed by atoms with van der Waals surface area (Å²) in [5.41, 5.74) is 1.50. The predicted molar refractivity (Wildman–Crippen MR) is 97.8 cm³/mol. The fourth-order valence-electron chi connectivity index (χ4n) is 4.51. The summed E-state index contributed by atoms with van der Waals surface area (Å²) in [6, 6.07) is 2.95. The summed E-state index contributed by atoms with van der Waals surface area (Å²) >= 11 is 0. The van der Waals surface area contributed by atoms with Crippen LogP contribution in [0.25, 0.3) is 0 Å². The molecular formula is C21H28FNO3. The second-order valence-electron chi connectivity index (χ2n) is 8.72. The Hall–Kier alpha value is -1.91. The van der Waals surface area contributed by atoms with Crippen molar-refractivity contribution in [2.75, 3.05) is 0 Å². The molecule has 4 nitrogen and oxygen atoms in total. The molecule has 0 radical (unpaired) electrons. The molecule has 2 aliphatic rings. The van der Waals surface area contributed by atoms with Crippen molar-refractivity contribution < 1.29 is 18.7 Å². The van der Waals surface area contributed by atoms with E-state index in [1.807, 2.05) is 25.7 Å². The number of ketones is 1. The van der Waals surface area contributed by atoms with E-state index in [1.54, 1.807) is 13.8 Å². The molecule has 2 bridgehead atoms. The number of Topliss-reactive ketones (excluding diaryl/α,β-unsaturated/α-hetero) is 1. The number of amides is 1. The molecule has 0 saturated carbocycles. The maximum atomic E-state index is 13.6. The van der Waals surface area contributed by atoms with Crippen molar-refractivity contribution >= 4 is 11.9 Å². The van der Waals surface area contributed by atoms with E-state index < -0.39 is 5.60 Å². The third-order valence-electron chi connectivity index (χ3n) is 5.45.